The zero-order valence-corrected chi connectivity index (χ0v) is 9.47. The highest BCUT2D eigenvalue weighted by Gasteiger charge is 2.12. The van der Waals surface area contributed by atoms with Gasteiger partial charge in [0, 0.05) is 16.6 Å². The van der Waals surface area contributed by atoms with E-state index in [4.69, 9.17) is 10.3 Å². The van der Waals surface area contributed by atoms with Crippen LogP contribution < -0.4 is 5.73 Å². The molecule has 0 fully saturated rings. The normalized spacial score (nSPS) is 10.9. The molecule has 0 saturated heterocycles. The average molecular weight is 224 g/mol. The Labute approximate surface area is 98.8 Å². The Morgan fingerprint density at radius 2 is 1.94 bits per heavy atom. The number of fused-ring (bicyclic) bond motifs is 1. The van der Waals surface area contributed by atoms with Crippen LogP contribution >= 0.6 is 0 Å². The zero-order chi connectivity index (χ0) is 11.8. The first-order valence-electron chi connectivity index (χ1n) is 5.46. The summed E-state index contributed by atoms with van der Waals surface area (Å²) >= 11 is 0. The van der Waals surface area contributed by atoms with E-state index < -0.39 is 0 Å². The summed E-state index contributed by atoms with van der Waals surface area (Å²) in [5.41, 5.74) is 9.56. The van der Waals surface area contributed by atoms with Gasteiger partial charge in [-0.3, -0.25) is 0 Å². The van der Waals surface area contributed by atoms with Gasteiger partial charge < -0.3 is 10.3 Å². The van der Waals surface area contributed by atoms with Crippen LogP contribution in [0.25, 0.3) is 22.2 Å². The highest BCUT2D eigenvalue weighted by molar-refractivity contribution is 5.94. The van der Waals surface area contributed by atoms with Gasteiger partial charge in [0.15, 0.2) is 5.76 Å². The number of aryl methyl sites for hydroxylation is 1. The first-order chi connectivity index (χ1) is 8.25. The van der Waals surface area contributed by atoms with Crippen molar-refractivity contribution in [3.63, 3.8) is 0 Å². The predicted octanol–water partition coefficient (Wildman–Crippen LogP) is 3.39. The van der Waals surface area contributed by atoms with E-state index in [0.717, 1.165) is 22.2 Å². The molecule has 3 aromatic rings. The lowest BCUT2D eigenvalue weighted by molar-refractivity contribution is 0.441. The summed E-state index contributed by atoms with van der Waals surface area (Å²) in [6.45, 7) is 2.03. The van der Waals surface area contributed by atoms with Crippen molar-refractivity contribution in [3.05, 3.63) is 48.0 Å². The molecule has 0 atom stereocenters. The van der Waals surface area contributed by atoms with Gasteiger partial charge in [0.05, 0.1) is 0 Å². The number of anilines is 1. The molecule has 0 spiro atoms. The molecule has 17 heavy (non-hydrogen) atoms. The zero-order valence-electron chi connectivity index (χ0n) is 9.47. The molecule has 3 rings (SSSR count). The quantitative estimate of drug-likeness (QED) is 0.644. The maximum atomic E-state index is 5.94. The predicted molar refractivity (Wildman–Crippen MR) is 68.6 cm³/mol. The van der Waals surface area contributed by atoms with Gasteiger partial charge >= 0.3 is 0 Å². The van der Waals surface area contributed by atoms with Crippen molar-refractivity contribution in [1.82, 2.24) is 5.16 Å². The van der Waals surface area contributed by atoms with Crippen LogP contribution in [0.2, 0.25) is 0 Å². The van der Waals surface area contributed by atoms with Crippen LogP contribution in [-0.2, 0) is 0 Å². The molecule has 0 amide bonds. The molecule has 0 unspecified atom stereocenters. The summed E-state index contributed by atoms with van der Waals surface area (Å²) in [6.07, 6.45) is 0. The van der Waals surface area contributed by atoms with Gasteiger partial charge in [0.2, 0.25) is 0 Å². The fourth-order valence-corrected chi connectivity index (χ4v) is 1.95. The van der Waals surface area contributed by atoms with E-state index in [1.54, 1.807) is 0 Å². The molecule has 84 valence electrons. The lowest BCUT2D eigenvalue weighted by Crippen LogP contribution is -1.88. The van der Waals surface area contributed by atoms with E-state index in [-0.39, 0.29) is 0 Å². The molecule has 0 radical (unpaired) electrons. The Hall–Kier alpha value is -2.29. The maximum Gasteiger partial charge on any atom is 0.176 e. The maximum absolute atomic E-state index is 5.94. The average Bonchev–Trinajstić information content (AvgIpc) is 2.72. The van der Waals surface area contributed by atoms with Crippen LogP contribution in [0.15, 0.2) is 47.0 Å². The number of hydrogen-bond acceptors (Lipinski definition) is 3. The third-order valence-corrected chi connectivity index (χ3v) is 2.84. The van der Waals surface area contributed by atoms with Gasteiger partial charge in [-0.05, 0) is 36.8 Å². The lowest BCUT2D eigenvalue weighted by Gasteiger charge is -2.00. The van der Waals surface area contributed by atoms with Crippen molar-refractivity contribution >= 4 is 16.6 Å². The van der Waals surface area contributed by atoms with Crippen molar-refractivity contribution < 1.29 is 4.52 Å². The number of nitrogens with zero attached hydrogens (tertiary/aromatic N) is 1. The number of rotatable bonds is 1. The lowest BCUT2D eigenvalue weighted by atomic mass is 10.1. The highest BCUT2D eigenvalue weighted by Crippen LogP contribution is 2.32. The standard InChI is InChI=1S/C14H12N2O/c1-9-6-7-11-13(8-9)16-17-14(11)10-4-2-3-5-12(10)15/h2-8H,15H2,1H3. The monoisotopic (exact) mass is 224 g/mol. The van der Waals surface area contributed by atoms with Crippen molar-refractivity contribution in [2.75, 3.05) is 5.73 Å². The molecule has 0 aliphatic heterocycles. The molecule has 3 nitrogen and oxygen atoms in total. The van der Waals surface area contributed by atoms with E-state index in [2.05, 4.69) is 5.16 Å². The minimum atomic E-state index is 0.700. The van der Waals surface area contributed by atoms with E-state index in [0.29, 0.717) is 5.69 Å². The number of para-hydroxylation sites is 1. The van der Waals surface area contributed by atoms with Gasteiger partial charge in [-0.1, -0.05) is 23.4 Å². The topological polar surface area (TPSA) is 52.0 Å². The fraction of sp³-hybridized carbons (Fsp3) is 0.0714. The number of nitrogens with two attached hydrogens (primary N) is 1. The summed E-state index contributed by atoms with van der Waals surface area (Å²) in [5, 5.41) is 5.06. The number of aromatic nitrogens is 1. The molecule has 1 heterocycles. The summed E-state index contributed by atoms with van der Waals surface area (Å²) in [5.74, 6) is 0.734. The molecule has 2 aromatic carbocycles. The van der Waals surface area contributed by atoms with Gasteiger partial charge in [-0.25, -0.2) is 0 Å². The molecule has 2 N–H and O–H groups in total. The van der Waals surface area contributed by atoms with E-state index in [9.17, 15) is 0 Å². The SMILES string of the molecule is Cc1ccc2c(-c3ccccc3N)onc2c1. The molecule has 3 heteroatoms. The van der Waals surface area contributed by atoms with Crippen LogP contribution in [-0.4, -0.2) is 5.16 Å². The first kappa shape index (κ1) is 9.90. The van der Waals surface area contributed by atoms with Gasteiger partial charge in [-0.2, -0.15) is 0 Å². The number of benzene rings is 2. The first-order valence-corrected chi connectivity index (χ1v) is 5.46. The van der Waals surface area contributed by atoms with Crippen LogP contribution in [0.3, 0.4) is 0 Å². The summed E-state index contributed by atoms with van der Waals surface area (Å²) < 4.78 is 5.41. The third-order valence-electron chi connectivity index (χ3n) is 2.84. The fourth-order valence-electron chi connectivity index (χ4n) is 1.95. The minimum Gasteiger partial charge on any atom is -0.398 e. The van der Waals surface area contributed by atoms with Crippen molar-refractivity contribution in [3.8, 4) is 11.3 Å². The second-order valence-electron chi connectivity index (χ2n) is 4.12. The second kappa shape index (κ2) is 3.63. The molecule has 0 saturated carbocycles. The minimum absolute atomic E-state index is 0.700. The Morgan fingerprint density at radius 3 is 2.76 bits per heavy atom. The number of hydrogen-bond donors (Lipinski definition) is 1. The Morgan fingerprint density at radius 1 is 1.12 bits per heavy atom. The highest BCUT2D eigenvalue weighted by atomic mass is 16.5. The Balaban J connectivity index is 2.29. The van der Waals surface area contributed by atoms with E-state index in [1.165, 1.54) is 5.56 Å². The van der Waals surface area contributed by atoms with Crippen LogP contribution in [0, 0.1) is 6.92 Å². The molecule has 0 bridgehead atoms. The molecular formula is C14H12N2O. The van der Waals surface area contributed by atoms with Crippen LogP contribution in [0.5, 0.6) is 0 Å². The Bertz CT molecular complexity index is 686. The van der Waals surface area contributed by atoms with E-state index >= 15 is 0 Å². The van der Waals surface area contributed by atoms with Crippen LogP contribution in [0.4, 0.5) is 5.69 Å². The van der Waals surface area contributed by atoms with Gasteiger partial charge in [0.25, 0.3) is 0 Å². The van der Waals surface area contributed by atoms with Crippen LogP contribution in [0.1, 0.15) is 5.56 Å². The molecule has 0 aliphatic carbocycles. The van der Waals surface area contributed by atoms with Gasteiger partial charge in [-0.15, -0.1) is 0 Å². The van der Waals surface area contributed by atoms with E-state index in [1.807, 2.05) is 49.4 Å². The van der Waals surface area contributed by atoms with Gasteiger partial charge in [0.1, 0.15) is 5.52 Å². The summed E-state index contributed by atoms with van der Waals surface area (Å²) in [4.78, 5) is 0. The third kappa shape index (κ3) is 1.56. The van der Waals surface area contributed by atoms with Crippen molar-refractivity contribution in [2.45, 2.75) is 6.92 Å². The second-order valence-corrected chi connectivity index (χ2v) is 4.12. The molecule has 0 aliphatic rings. The molecule has 1 aromatic heterocycles. The largest absolute Gasteiger partial charge is 0.398 e. The Kier molecular flexibility index (Phi) is 2.11. The summed E-state index contributed by atoms with van der Waals surface area (Å²) in [6, 6.07) is 13.7. The molecular weight excluding hydrogens is 212 g/mol. The smallest absolute Gasteiger partial charge is 0.176 e. The van der Waals surface area contributed by atoms with Crippen molar-refractivity contribution in [1.29, 1.82) is 0 Å². The van der Waals surface area contributed by atoms with Crippen molar-refractivity contribution in [2.24, 2.45) is 0 Å². The summed E-state index contributed by atoms with van der Waals surface area (Å²) in [7, 11) is 0. The number of nitrogen functional groups attached to an aromatic ring is 1.